The monoisotopic (exact) mass is 727 g/mol. The maximum Gasteiger partial charge on any atom is 0.454 e. The average Bonchev–Trinajstić information content (AvgIpc) is 2.64. The van der Waals surface area contributed by atoms with Gasteiger partial charge in [-0.25, -0.2) is 0 Å². The van der Waals surface area contributed by atoms with Gasteiger partial charge >= 0.3 is 18.5 Å². The second-order valence-corrected chi connectivity index (χ2v) is 10.9. The number of allylic oxidation sites excluding steroid dienone is 6. The minimum absolute atomic E-state index is 0. The van der Waals surface area contributed by atoms with Gasteiger partial charge in [0.05, 0.1) is 0 Å². The first-order valence-corrected chi connectivity index (χ1v) is 10.7. The van der Waals surface area contributed by atoms with E-state index < -0.39 is 69.4 Å². The molecule has 0 rings (SSSR count). The van der Waals surface area contributed by atoms with E-state index in [1.165, 1.54) is 62.3 Å². The van der Waals surface area contributed by atoms with Crippen molar-refractivity contribution in [1.82, 2.24) is 0 Å². The number of rotatable bonds is 3. The van der Waals surface area contributed by atoms with E-state index in [-0.39, 0.29) is 53.8 Å². The molecular formula is C24H33F9LaO6. The minimum Gasteiger partial charge on any atom is -0.512 e. The van der Waals surface area contributed by atoms with Crippen LogP contribution in [0.3, 0.4) is 0 Å². The van der Waals surface area contributed by atoms with Gasteiger partial charge in [-0.15, -0.1) is 0 Å². The maximum absolute atomic E-state index is 11.7. The maximum atomic E-state index is 11.7. The molecule has 0 aromatic carbocycles. The number of hydrogen-bond acceptors (Lipinski definition) is 6. The molecule has 6 nitrogen and oxygen atoms in total. The summed E-state index contributed by atoms with van der Waals surface area (Å²) in [5.74, 6) is -7.85. The van der Waals surface area contributed by atoms with Crippen molar-refractivity contribution in [3.05, 3.63) is 35.5 Å². The Balaban J connectivity index is -0.000000240. The van der Waals surface area contributed by atoms with Crippen molar-refractivity contribution in [3.63, 3.8) is 0 Å². The number of aliphatic hydroxyl groups is 3. The van der Waals surface area contributed by atoms with E-state index in [0.717, 1.165) is 0 Å². The van der Waals surface area contributed by atoms with Crippen LogP contribution >= 0.6 is 0 Å². The largest absolute Gasteiger partial charge is 0.512 e. The third kappa shape index (κ3) is 21.0. The third-order valence-electron chi connectivity index (χ3n) is 3.95. The van der Waals surface area contributed by atoms with E-state index in [4.69, 9.17) is 15.3 Å². The zero-order valence-electron chi connectivity index (χ0n) is 23.3. The molecule has 0 aromatic rings. The molecule has 0 amide bonds. The van der Waals surface area contributed by atoms with Crippen LogP contribution in [0.25, 0.3) is 0 Å². The van der Waals surface area contributed by atoms with Crippen molar-refractivity contribution in [1.29, 1.82) is 0 Å². The molecule has 1 radical (unpaired) electrons. The summed E-state index contributed by atoms with van der Waals surface area (Å²) < 4.78 is 105. The van der Waals surface area contributed by atoms with Crippen molar-refractivity contribution in [2.75, 3.05) is 0 Å². The van der Waals surface area contributed by atoms with Crippen LogP contribution < -0.4 is 0 Å². The van der Waals surface area contributed by atoms with Crippen molar-refractivity contribution in [3.8, 4) is 0 Å². The number of aliphatic hydroxyl groups excluding tert-OH is 3. The molecule has 0 fully saturated rings. The second-order valence-electron chi connectivity index (χ2n) is 10.9. The van der Waals surface area contributed by atoms with Gasteiger partial charge in [-0.1, -0.05) is 62.3 Å². The van der Waals surface area contributed by atoms with Gasteiger partial charge in [0.25, 0.3) is 17.3 Å². The molecule has 0 aliphatic carbocycles. The summed E-state index contributed by atoms with van der Waals surface area (Å²) in [5, 5.41) is 27.2. The quantitative estimate of drug-likeness (QED) is 0.155. The van der Waals surface area contributed by atoms with Gasteiger partial charge in [-0.3, -0.25) is 14.4 Å². The van der Waals surface area contributed by atoms with E-state index >= 15 is 0 Å². The number of halogens is 9. The van der Waals surface area contributed by atoms with Crippen molar-refractivity contribution < 1.29 is 105 Å². The van der Waals surface area contributed by atoms with Gasteiger partial charge in [0, 0.05) is 70.1 Å². The molecule has 40 heavy (non-hydrogen) atoms. The van der Waals surface area contributed by atoms with Gasteiger partial charge in [0.1, 0.15) is 17.3 Å². The van der Waals surface area contributed by atoms with E-state index in [1.54, 1.807) is 0 Å². The van der Waals surface area contributed by atoms with Gasteiger partial charge in [0.15, 0.2) is 0 Å². The summed E-state index contributed by atoms with van der Waals surface area (Å²) >= 11 is 0. The molecule has 0 bridgehead atoms. The topological polar surface area (TPSA) is 112 Å². The summed E-state index contributed by atoms with van der Waals surface area (Å²) in [5.41, 5.74) is -2.54. The molecule has 0 unspecified atom stereocenters. The van der Waals surface area contributed by atoms with Crippen LogP contribution in [0.1, 0.15) is 62.3 Å². The molecule has 0 atom stereocenters. The van der Waals surface area contributed by atoms with Crippen LogP contribution in [-0.4, -0.2) is 51.2 Å². The molecule has 3 N–H and O–H groups in total. The molecule has 0 aromatic heterocycles. The number of hydrogen-bond donors (Lipinski definition) is 3. The predicted molar refractivity (Wildman–Crippen MR) is 124 cm³/mol. The summed E-state index contributed by atoms with van der Waals surface area (Å²) in [6.45, 7) is 13.5. The Hall–Kier alpha value is -1.81. The standard InChI is InChI=1S/3C8H11F3O2.La/c3*1-7(2,3)5(12)4-6(13)8(9,10)11;/h3*4,12H,1-3H3;/b3*5-4-;. The molecule has 0 saturated carbocycles. The zero-order valence-corrected chi connectivity index (χ0v) is 26.9. The number of alkyl halides is 9. The van der Waals surface area contributed by atoms with Crippen molar-refractivity contribution in [2.45, 2.75) is 80.8 Å². The molecule has 16 heteroatoms. The van der Waals surface area contributed by atoms with E-state index in [1.807, 2.05) is 0 Å². The summed E-state index contributed by atoms with van der Waals surface area (Å²) in [4.78, 5) is 31.1. The average molecular weight is 727 g/mol. The Labute approximate surface area is 254 Å². The third-order valence-corrected chi connectivity index (χ3v) is 3.95. The number of carbonyl (C=O) groups is 3. The second kappa shape index (κ2) is 16.0. The Morgan fingerprint density at radius 1 is 0.425 bits per heavy atom. The van der Waals surface area contributed by atoms with Gasteiger partial charge in [0.2, 0.25) is 0 Å². The van der Waals surface area contributed by atoms with Crippen LogP contribution in [-0.2, 0) is 14.4 Å². The molecule has 0 saturated heterocycles. The fourth-order valence-corrected chi connectivity index (χ4v) is 1.27. The van der Waals surface area contributed by atoms with Crippen LogP contribution in [0.15, 0.2) is 35.5 Å². The fraction of sp³-hybridized carbons (Fsp3) is 0.625. The smallest absolute Gasteiger partial charge is 0.454 e. The summed E-state index contributed by atoms with van der Waals surface area (Å²) in [6.07, 6.45) is -14.1. The Kier molecular flexibility index (Phi) is 18.1. The first-order valence-electron chi connectivity index (χ1n) is 10.7. The number of carbonyl (C=O) groups excluding carboxylic acids is 3. The summed E-state index contributed by atoms with van der Waals surface area (Å²) in [7, 11) is 0. The van der Waals surface area contributed by atoms with Crippen molar-refractivity contribution in [2.24, 2.45) is 16.2 Å². The van der Waals surface area contributed by atoms with Crippen LogP contribution in [0.4, 0.5) is 39.5 Å². The molecule has 0 aliphatic heterocycles. The molecule has 0 spiro atoms. The van der Waals surface area contributed by atoms with Crippen LogP contribution in [0.5, 0.6) is 0 Å². The first kappa shape index (κ1) is 45.2. The Bertz CT molecular complexity index is 829. The van der Waals surface area contributed by atoms with E-state index in [9.17, 15) is 53.9 Å². The predicted octanol–water partition coefficient (Wildman–Crippen LogP) is 7.82. The summed E-state index contributed by atoms with van der Waals surface area (Å²) in [6, 6.07) is 0. The molecule has 0 heterocycles. The van der Waals surface area contributed by atoms with E-state index in [2.05, 4.69) is 0 Å². The van der Waals surface area contributed by atoms with Crippen LogP contribution in [0, 0.1) is 51.8 Å². The fourth-order valence-electron chi connectivity index (χ4n) is 1.27. The first-order chi connectivity index (χ1) is 16.6. The zero-order chi connectivity index (χ0) is 32.6. The SMILES string of the molecule is CC(C)(C)/C(O)=C/C(=O)C(F)(F)F.CC(C)(C)/C(O)=C/C(=O)C(F)(F)F.CC(C)(C)/C(O)=C/C(=O)C(F)(F)F.[La]. The molecule has 0 aliphatic rings. The molecule has 231 valence electrons. The van der Waals surface area contributed by atoms with Gasteiger partial charge in [-0.05, 0) is 0 Å². The minimum atomic E-state index is -4.92. The van der Waals surface area contributed by atoms with E-state index in [0.29, 0.717) is 0 Å². The number of ketones is 3. The Morgan fingerprint density at radius 3 is 0.625 bits per heavy atom. The molecular weight excluding hydrogens is 694 g/mol. The normalized spacial score (nSPS) is 14.1. The van der Waals surface area contributed by atoms with Gasteiger partial charge < -0.3 is 15.3 Å². The van der Waals surface area contributed by atoms with Crippen molar-refractivity contribution >= 4 is 17.3 Å². The Morgan fingerprint density at radius 2 is 0.550 bits per heavy atom. The van der Waals surface area contributed by atoms with Gasteiger partial charge in [-0.2, -0.15) is 39.5 Å². The van der Waals surface area contributed by atoms with Crippen LogP contribution in [0.2, 0.25) is 0 Å².